The third kappa shape index (κ3) is 4.83. The van der Waals surface area contributed by atoms with E-state index in [1.165, 1.54) is 63.3 Å². The van der Waals surface area contributed by atoms with Crippen LogP contribution in [0.4, 0.5) is 0 Å². The lowest BCUT2D eigenvalue weighted by Gasteiger charge is -2.57. The summed E-state index contributed by atoms with van der Waals surface area (Å²) in [5, 5.41) is 10.2. The predicted molar refractivity (Wildman–Crippen MR) is 135 cm³/mol. The van der Waals surface area contributed by atoms with Crippen LogP contribution in [0, 0.1) is 29.6 Å². The molecule has 4 aliphatic rings. The van der Waals surface area contributed by atoms with Crippen LogP contribution in [0.5, 0.6) is 11.5 Å². The van der Waals surface area contributed by atoms with Crippen LogP contribution in [0.25, 0.3) is 0 Å². The van der Waals surface area contributed by atoms with Gasteiger partial charge in [0.05, 0.1) is 13.7 Å². The minimum Gasteiger partial charge on any atom is -0.507 e. The first-order chi connectivity index (χ1) is 17.4. The number of ether oxygens (including phenoxy) is 4. The molecule has 0 heterocycles. The quantitative estimate of drug-likeness (QED) is 0.319. The first kappa shape index (κ1) is 24.7. The van der Waals surface area contributed by atoms with E-state index in [1.807, 2.05) is 19.1 Å². The van der Waals surface area contributed by atoms with Gasteiger partial charge in [-0.15, -0.1) is 0 Å². The minimum atomic E-state index is -0.754. The summed E-state index contributed by atoms with van der Waals surface area (Å²) in [5.74, 6) is 8.83. The lowest BCUT2D eigenvalue weighted by atomic mass is 9.48. The van der Waals surface area contributed by atoms with Gasteiger partial charge in [-0.2, -0.15) is 0 Å². The molecule has 6 heteroatoms. The van der Waals surface area contributed by atoms with Crippen LogP contribution in [0.15, 0.2) is 36.4 Å². The summed E-state index contributed by atoms with van der Waals surface area (Å²) >= 11 is 0. The molecule has 1 unspecified atom stereocenters. The van der Waals surface area contributed by atoms with Crippen molar-refractivity contribution < 1.29 is 28.8 Å². The van der Waals surface area contributed by atoms with E-state index in [0.717, 1.165) is 29.1 Å². The molecule has 0 amide bonds. The van der Waals surface area contributed by atoms with Gasteiger partial charge in [-0.3, -0.25) is 0 Å². The summed E-state index contributed by atoms with van der Waals surface area (Å²) in [7, 11) is 2.87. The summed E-state index contributed by atoms with van der Waals surface area (Å²) in [6, 6.07) is 10.8. The maximum atomic E-state index is 11.7. The maximum absolute atomic E-state index is 11.7. The number of hydrogen-bond donors (Lipinski definition) is 1. The van der Waals surface area contributed by atoms with Gasteiger partial charge in [-0.1, -0.05) is 11.8 Å². The number of rotatable bonds is 7. The molecule has 2 aromatic carbocycles. The zero-order valence-electron chi connectivity index (χ0n) is 21.2. The molecule has 1 N–H and O–H groups in total. The van der Waals surface area contributed by atoms with E-state index in [2.05, 4.69) is 17.9 Å². The number of carbonyl (C=O) groups is 1. The number of aromatic hydroxyl groups is 1. The fraction of sp³-hybridized carbons (Fsp3) is 0.500. The Hall–Kier alpha value is -3.01. The molecule has 4 bridgehead atoms. The van der Waals surface area contributed by atoms with Crippen molar-refractivity contribution >= 4 is 5.97 Å². The average molecular weight is 491 g/mol. The van der Waals surface area contributed by atoms with Crippen molar-refractivity contribution in [2.24, 2.45) is 17.8 Å². The van der Waals surface area contributed by atoms with E-state index in [4.69, 9.17) is 18.9 Å². The molecule has 2 aromatic rings. The van der Waals surface area contributed by atoms with Crippen LogP contribution in [-0.2, 0) is 19.6 Å². The third-order valence-corrected chi connectivity index (χ3v) is 8.06. The van der Waals surface area contributed by atoms with E-state index >= 15 is 0 Å². The lowest BCUT2D eigenvalue weighted by molar-refractivity contribution is -0.231. The van der Waals surface area contributed by atoms with Crippen molar-refractivity contribution in [3.05, 3.63) is 58.7 Å². The first-order valence-corrected chi connectivity index (χ1v) is 12.8. The molecule has 4 fully saturated rings. The topological polar surface area (TPSA) is 74.2 Å². The van der Waals surface area contributed by atoms with Gasteiger partial charge >= 0.3 is 12.4 Å². The molecule has 4 aliphatic carbocycles. The van der Waals surface area contributed by atoms with Gasteiger partial charge in [0, 0.05) is 23.8 Å². The normalized spacial score (nSPS) is 26.7. The molecule has 6 rings (SSSR count). The van der Waals surface area contributed by atoms with E-state index in [9.17, 15) is 9.90 Å². The smallest absolute Gasteiger partial charge is 0.341 e. The van der Waals surface area contributed by atoms with Crippen molar-refractivity contribution in [3.8, 4) is 23.3 Å². The molecule has 0 aliphatic heterocycles. The Morgan fingerprint density at radius 1 is 1.00 bits per heavy atom. The molecule has 4 saturated carbocycles. The van der Waals surface area contributed by atoms with E-state index in [-0.39, 0.29) is 16.7 Å². The highest BCUT2D eigenvalue weighted by molar-refractivity contribution is 5.92. The van der Waals surface area contributed by atoms with Crippen LogP contribution in [-0.4, -0.2) is 38.4 Å². The van der Waals surface area contributed by atoms with Crippen LogP contribution in [0.3, 0.4) is 0 Å². The number of phenols is 1. The van der Waals surface area contributed by atoms with Crippen molar-refractivity contribution in [3.63, 3.8) is 0 Å². The molecule has 6 nitrogen and oxygen atoms in total. The monoisotopic (exact) mass is 490 g/mol. The van der Waals surface area contributed by atoms with Crippen LogP contribution in [0.1, 0.15) is 72.5 Å². The van der Waals surface area contributed by atoms with Crippen molar-refractivity contribution in [1.29, 1.82) is 0 Å². The Labute approximate surface area is 212 Å². The largest absolute Gasteiger partial charge is 0.507 e. The summed E-state index contributed by atoms with van der Waals surface area (Å²) < 4.78 is 22.0. The van der Waals surface area contributed by atoms with Gasteiger partial charge in [-0.25, -0.2) is 4.79 Å². The van der Waals surface area contributed by atoms with Crippen LogP contribution >= 0.6 is 0 Å². The second-order valence-corrected chi connectivity index (χ2v) is 10.5. The highest BCUT2D eigenvalue weighted by Gasteiger charge is 2.52. The Balaban J connectivity index is 1.49. The zero-order chi connectivity index (χ0) is 25.3. The van der Waals surface area contributed by atoms with E-state index in [0.29, 0.717) is 12.2 Å². The summed E-state index contributed by atoms with van der Waals surface area (Å²) in [6.45, 7) is 1.66. The minimum absolute atomic E-state index is 0.104. The van der Waals surface area contributed by atoms with Gasteiger partial charge in [0.15, 0.2) is 0 Å². The van der Waals surface area contributed by atoms with Gasteiger partial charge in [-0.05, 0) is 105 Å². The lowest BCUT2D eigenvalue weighted by Crippen LogP contribution is -2.48. The summed E-state index contributed by atoms with van der Waals surface area (Å²) in [6.07, 6.45) is 7.67. The fourth-order valence-electron chi connectivity index (χ4n) is 6.99. The molecule has 0 radical (unpaired) electrons. The SMILES string of the molecule is CCOC(OC)Oc1ccc(C#Cc2ccc(C(=O)OC)c(O)c2)cc1C12CC3CC(CC(C3)C1)C2. The van der Waals surface area contributed by atoms with Crippen LogP contribution in [0.2, 0.25) is 0 Å². The molecule has 190 valence electrons. The first-order valence-electron chi connectivity index (χ1n) is 12.8. The molecule has 1 atom stereocenters. The summed E-state index contributed by atoms with van der Waals surface area (Å²) in [5.41, 5.74) is 2.93. The number of methoxy groups -OCH3 is 2. The highest BCUT2D eigenvalue weighted by Crippen LogP contribution is 2.62. The number of hydrogen-bond acceptors (Lipinski definition) is 6. The Morgan fingerprint density at radius 3 is 2.17 bits per heavy atom. The van der Waals surface area contributed by atoms with Crippen molar-refractivity contribution in [2.75, 3.05) is 20.8 Å². The maximum Gasteiger partial charge on any atom is 0.341 e. The Kier molecular flexibility index (Phi) is 6.96. The van der Waals surface area contributed by atoms with E-state index in [1.54, 1.807) is 13.2 Å². The van der Waals surface area contributed by atoms with Crippen LogP contribution < -0.4 is 4.74 Å². The number of carbonyl (C=O) groups excluding carboxylic acids is 1. The number of phenolic OH excluding ortho intramolecular Hbond substituents is 1. The van der Waals surface area contributed by atoms with Gasteiger partial charge in [0.1, 0.15) is 17.1 Å². The van der Waals surface area contributed by atoms with E-state index < -0.39 is 12.4 Å². The highest BCUT2D eigenvalue weighted by atomic mass is 16.8. The molecule has 0 spiro atoms. The molecular weight excluding hydrogens is 456 g/mol. The second-order valence-electron chi connectivity index (χ2n) is 10.5. The standard InChI is InChI=1S/C30H34O6/c1-4-35-29(34-3)36-27-10-8-19(5-6-20-7-9-24(26(31)15-20)28(32)33-2)14-25(27)30-16-21-11-22(17-30)13-23(12-21)18-30/h7-10,14-15,21-23,29,31H,4,11-13,16-18H2,1-3H3. The molecule has 36 heavy (non-hydrogen) atoms. The number of esters is 1. The average Bonchev–Trinajstić information content (AvgIpc) is 2.86. The molecular formula is C30H34O6. The van der Waals surface area contributed by atoms with Gasteiger partial charge in [0.25, 0.3) is 0 Å². The number of benzene rings is 2. The fourth-order valence-corrected chi connectivity index (χ4v) is 6.99. The zero-order valence-corrected chi connectivity index (χ0v) is 21.2. The third-order valence-electron chi connectivity index (χ3n) is 8.06. The molecule has 0 saturated heterocycles. The van der Waals surface area contributed by atoms with Gasteiger partial charge in [0.2, 0.25) is 0 Å². The molecule has 0 aromatic heterocycles. The Morgan fingerprint density at radius 2 is 1.61 bits per heavy atom. The van der Waals surface area contributed by atoms with Crippen molar-refractivity contribution in [1.82, 2.24) is 0 Å². The van der Waals surface area contributed by atoms with Gasteiger partial charge < -0.3 is 24.1 Å². The second kappa shape index (κ2) is 10.2. The predicted octanol–water partition coefficient (Wildman–Crippen LogP) is 5.39. The summed E-state index contributed by atoms with van der Waals surface area (Å²) in [4.78, 5) is 11.7. The van der Waals surface area contributed by atoms with Crippen molar-refractivity contribution in [2.45, 2.75) is 57.3 Å². The Bertz CT molecular complexity index is 1150.